The normalized spacial score (nSPS) is 15.3. The van der Waals surface area contributed by atoms with E-state index in [4.69, 9.17) is 0 Å². The lowest BCUT2D eigenvalue weighted by atomic mass is 12.0. The van der Waals surface area contributed by atoms with Gasteiger partial charge in [0.15, 0.2) is 0 Å². The Morgan fingerprint density at radius 1 is 1.71 bits per heavy atom. The van der Waals surface area contributed by atoms with Crippen LogP contribution in [0.4, 0.5) is 0 Å². The van der Waals surface area contributed by atoms with E-state index in [2.05, 4.69) is 9.04 Å². The van der Waals surface area contributed by atoms with Crippen LogP contribution in [0.3, 0.4) is 0 Å². The fourth-order valence-corrected chi connectivity index (χ4v) is 0.722. The molecule has 5 heteroatoms. The molecule has 0 fully saturated rings. The minimum atomic E-state index is -1.13. The number of hydrogen-bond acceptors (Lipinski definition) is 4. The lowest BCUT2D eigenvalue weighted by molar-refractivity contribution is 0.601. The predicted octanol–water partition coefficient (Wildman–Crippen LogP) is 1.01. The number of nitrogens with zero attached hydrogens (tertiary/aromatic N) is 2. The summed E-state index contributed by atoms with van der Waals surface area (Å²) in [6.07, 6.45) is 3.23. The Bertz CT molecular complexity index is 64.7. The fourth-order valence-electron chi connectivity index (χ4n) is 0.0803. The fraction of sp³-hybridized carbons (Fsp3) is 1.00. The Labute approximate surface area is 50.0 Å². The largest absolute Gasteiger partial charge is 0.590 e. The maximum Gasteiger partial charge on any atom is 0.125 e. The van der Waals surface area contributed by atoms with Crippen LogP contribution in [0.15, 0.2) is 9.04 Å². The van der Waals surface area contributed by atoms with Crippen molar-refractivity contribution >= 4 is 23.3 Å². The van der Waals surface area contributed by atoms with Gasteiger partial charge in [0.05, 0.1) is 4.52 Å². The summed E-state index contributed by atoms with van der Waals surface area (Å²) < 4.78 is 16.8. The van der Waals surface area contributed by atoms with E-state index < -0.39 is 11.4 Å². The van der Waals surface area contributed by atoms with Gasteiger partial charge in [0.2, 0.25) is 0 Å². The lowest BCUT2D eigenvalue weighted by Gasteiger charge is -1.86. The maximum atomic E-state index is 10.0. The van der Waals surface area contributed by atoms with Gasteiger partial charge in [0.25, 0.3) is 0 Å². The molecule has 0 heterocycles. The quantitative estimate of drug-likeness (QED) is 0.325. The van der Waals surface area contributed by atoms with Crippen LogP contribution in [-0.4, -0.2) is 17.1 Å². The molecule has 0 amide bonds. The molecular formula is C2H6N2OS2. The molecule has 0 unspecified atom stereocenters. The topological polar surface area (TPSA) is 47.8 Å². The minimum Gasteiger partial charge on any atom is -0.590 e. The van der Waals surface area contributed by atoms with Crippen LogP contribution in [0.2, 0.25) is 0 Å². The van der Waals surface area contributed by atoms with Gasteiger partial charge < -0.3 is 4.55 Å². The van der Waals surface area contributed by atoms with Gasteiger partial charge in [-0.3, -0.25) is 0 Å². The van der Waals surface area contributed by atoms with E-state index in [1.54, 1.807) is 6.26 Å². The van der Waals surface area contributed by atoms with E-state index in [0.29, 0.717) is 0 Å². The molecule has 0 saturated carbocycles. The van der Waals surface area contributed by atoms with Crippen molar-refractivity contribution < 1.29 is 4.55 Å². The van der Waals surface area contributed by atoms with Gasteiger partial charge in [-0.2, -0.15) is 0 Å². The standard InChI is InChI=1S/C2H6N2OS2/c1-6-3-4-7(2)5/h1-2H3/b4-3-/t7-/m0/s1. The van der Waals surface area contributed by atoms with Gasteiger partial charge in [-0.15, -0.1) is 0 Å². The third kappa shape index (κ3) is 6.26. The molecule has 42 valence electrons. The Hall–Kier alpha value is 0.260. The molecule has 0 aliphatic heterocycles. The number of hydrogen-bond donors (Lipinski definition) is 0. The molecule has 0 N–H and O–H groups in total. The first-order valence-electron chi connectivity index (χ1n) is 1.55. The molecule has 0 aliphatic rings. The third-order valence-corrected chi connectivity index (χ3v) is 0.890. The van der Waals surface area contributed by atoms with Crippen molar-refractivity contribution in [1.29, 1.82) is 0 Å². The van der Waals surface area contributed by atoms with Crippen LogP contribution in [0.5, 0.6) is 0 Å². The van der Waals surface area contributed by atoms with Gasteiger partial charge >= 0.3 is 0 Å². The molecule has 0 saturated heterocycles. The Balaban J connectivity index is 3.08. The smallest absolute Gasteiger partial charge is 0.125 e. The first-order valence-corrected chi connectivity index (χ1v) is 4.24. The zero-order valence-corrected chi connectivity index (χ0v) is 5.75. The predicted molar refractivity (Wildman–Crippen MR) is 32.4 cm³/mol. The average molecular weight is 138 g/mol. The second kappa shape index (κ2) is 4.42. The highest BCUT2D eigenvalue weighted by atomic mass is 32.2. The van der Waals surface area contributed by atoms with Crippen molar-refractivity contribution in [3.05, 3.63) is 0 Å². The van der Waals surface area contributed by atoms with Crippen LogP contribution in [-0.2, 0) is 11.4 Å². The van der Waals surface area contributed by atoms with Gasteiger partial charge in [-0.25, -0.2) is 0 Å². The molecule has 0 aromatic carbocycles. The zero-order chi connectivity index (χ0) is 5.70. The summed E-state index contributed by atoms with van der Waals surface area (Å²) in [6, 6.07) is 0. The van der Waals surface area contributed by atoms with E-state index in [9.17, 15) is 4.55 Å². The summed E-state index contributed by atoms with van der Waals surface area (Å²) in [5.74, 6) is 0. The van der Waals surface area contributed by atoms with E-state index >= 15 is 0 Å². The Kier molecular flexibility index (Phi) is 4.58. The molecule has 0 rings (SSSR count). The van der Waals surface area contributed by atoms with Crippen molar-refractivity contribution in [2.24, 2.45) is 9.04 Å². The second-order valence-corrected chi connectivity index (χ2v) is 2.31. The zero-order valence-electron chi connectivity index (χ0n) is 4.12. The van der Waals surface area contributed by atoms with E-state index in [0.717, 1.165) is 0 Å². The van der Waals surface area contributed by atoms with Crippen molar-refractivity contribution in [3.8, 4) is 0 Å². The van der Waals surface area contributed by atoms with Crippen LogP contribution in [0.1, 0.15) is 0 Å². The molecule has 0 bridgehead atoms. The van der Waals surface area contributed by atoms with Crippen LogP contribution in [0.25, 0.3) is 0 Å². The minimum absolute atomic E-state index is 1.13. The van der Waals surface area contributed by atoms with Crippen LogP contribution in [0, 0.1) is 0 Å². The molecule has 0 aromatic rings. The second-order valence-electron chi connectivity index (χ2n) is 0.770. The molecule has 0 spiro atoms. The first-order chi connectivity index (χ1) is 3.27. The summed E-state index contributed by atoms with van der Waals surface area (Å²) in [5, 5.41) is 0. The number of rotatable bonds is 2. The van der Waals surface area contributed by atoms with E-state index in [1.165, 1.54) is 18.2 Å². The highest BCUT2D eigenvalue weighted by Crippen LogP contribution is 1.96. The SMILES string of the molecule is CS/N=N\[S@+](C)[O-]. The summed E-state index contributed by atoms with van der Waals surface area (Å²) in [4.78, 5) is 0. The molecule has 1 atom stereocenters. The van der Waals surface area contributed by atoms with Crippen LogP contribution >= 0.6 is 11.9 Å². The van der Waals surface area contributed by atoms with Gasteiger partial charge in [0, 0.05) is 6.26 Å². The van der Waals surface area contributed by atoms with Crippen molar-refractivity contribution in [3.63, 3.8) is 0 Å². The maximum absolute atomic E-state index is 10.0. The molecule has 0 radical (unpaired) electrons. The highest BCUT2D eigenvalue weighted by molar-refractivity contribution is 7.97. The van der Waals surface area contributed by atoms with E-state index in [-0.39, 0.29) is 0 Å². The first kappa shape index (κ1) is 7.26. The van der Waals surface area contributed by atoms with Crippen molar-refractivity contribution in [2.45, 2.75) is 0 Å². The summed E-state index contributed by atoms with van der Waals surface area (Å²) >= 11 is 0.0673. The van der Waals surface area contributed by atoms with Crippen molar-refractivity contribution in [2.75, 3.05) is 12.5 Å². The summed E-state index contributed by atoms with van der Waals surface area (Å²) in [7, 11) is 0. The highest BCUT2D eigenvalue weighted by Gasteiger charge is 1.85. The molecule has 0 aromatic heterocycles. The monoisotopic (exact) mass is 138 g/mol. The molecule has 0 aliphatic carbocycles. The van der Waals surface area contributed by atoms with Gasteiger partial charge in [-0.1, -0.05) is 4.52 Å². The third-order valence-electron chi connectivity index (χ3n) is 0.230. The van der Waals surface area contributed by atoms with Crippen molar-refractivity contribution in [1.82, 2.24) is 0 Å². The van der Waals surface area contributed by atoms with Gasteiger partial charge in [0.1, 0.15) is 17.6 Å². The lowest BCUT2D eigenvalue weighted by Crippen LogP contribution is -1.85. The Morgan fingerprint density at radius 2 is 2.29 bits per heavy atom. The summed E-state index contributed by atoms with van der Waals surface area (Å²) in [6.45, 7) is 0. The van der Waals surface area contributed by atoms with Crippen LogP contribution < -0.4 is 0 Å². The van der Waals surface area contributed by atoms with E-state index in [1.807, 2.05) is 0 Å². The molecule has 3 nitrogen and oxygen atoms in total. The molecular weight excluding hydrogens is 132 g/mol. The average Bonchev–Trinajstić information content (AvgIpc) is 1.61. The Morgan fingerprint density at radius 3 is 2.43 bits per heavy atom. The van der Waals surface area contributed by atoms with Gasteiger partial charge in [-0.05, 0) is 11.9 Å². The molecule has 7 heavy (non-hydrogen) atoms. The summed E-state index contributed by atoms with van der Waals surface area (Å²) in [5.41, 5.74) is 0.